The lowest BCUT2D eigenvalue weighted by Gasteiger charge is -2.28. The third-order valence-corrected chi connectivity index (χ3v) is 7.24. The minimum atomic E-state index is -0.909. The molecule has 0 unspecified atom stereocenters. The van der Waals surface area contributed by atoms with Crippen LogP contribution in [0.1, 0.15) is 27.0 Å². The van der Waals surface area contributed by atoms with Crippen LogP contribution in [0.5, 0.6) is 5.75 Å². The van der Waals surface area contributed by atoms with Crippen LogP contribution in [0.2, 0.25) is 0 Å². The van der Waals surface area contributed by atoms with Gasteiger partial charge >= 0.3 is 0 Å². The molecule has 0 fully saturated rings. The van der Waals surface area contributed by atoms with Gasteiger partial charge in [-0.05, 0) is 53.9 Å². The summed E-state index contributed by atoms with van der Waals surface area (Å²) in [5, 5.41) is 1.05. The van der Waals surface area contributed by atoms with Crippen molar-refractivity contribution in [2.75, 3.05) is 20.2 Å². The maximum absolute atomic E-state index is 14.0. The van der Waals surface area contributed by atoms with E-state index in [1.54, 1.807) is 18.1 Å². The number of nitrogens with zero attached hydrogens (tertiary/aromatic N) is 2. The molecule has 0 saturated carbocycles. The van der Waals surface area contributed by atoms with Crippen molar-refractivity contribution in [2.45, 2.75) is 19.5 Å². The largest absolute Gasteiger partial charge is 0.496 e. The Hall–Kier alpha value is -5.05. The van der Waals surface area contributed by atoms with Crippen LogP contribution in [-0.4, -0.2) is 46.8 Å². The third kappa shape index (κ3) is 7.24. The number of hydrogen-bond acceptors (Lipinski definition) is 3. The van der Waals surface area contributed by atoms with Crippen molar-refractivity contribution in [1.29, 1.82) is 0 Å². The van der Waals surface area contributed by atoms with Crippen molar-refractivity contribution in [3.05, 3.63) is 137 Å². The van der Waals surface area contributed by atoms with Gasteiger partial charge in [-0.15, -0.1) is 0 Å². The van der Waals surface area contributed by atoms with E-state index in [0.717, 1.165) is 34.2 Å². The van der Waals surface area contributed by atoms with Crippen molar-refractivity contribution in [3.8, 4) is 5.75 Å². The lowest BCUT2D eigenvalue weighted by atomic mass is 10.1. The van der Waals surface area contributed by atoms with Gasteiger partial charge in [0.1, 0.15) is 29.7 Å². The summed E-state index contributed by atoms with van der Waals surface area (Å²) in [6.07, 6.45) is 2.45. The molecule has 0 aliphatic heterocycles. The molecule has 9 heteroatoms. The number of aromatic nitrogens is 1. The Labute approximate surface area is 247 Å². The Morgan fingerprint density at radius 3 is 2.21 bits per heavy atom. The van der Waals surface area contributed by atoms with Gasteiger partial charge in [0.15, 0.2) is 0 Å². The van der Waals surface area contributed by atoms with E-state index in [1.807, 2.05) is 48.7 Å². The third-order valence-electron chi connectivity index (χ3n) is 7.24. The van der Waals surface area contributed by atoms with Crippen LogP contribution in [-0.2, 0) is 24.3 Å². The van der Waals surface area contributed by atoms with Gasteiger partial charge in [0.05, 0.1) is 7.11 Å². The SMILES string of the molecule is COc1ccccc1CN(CCc1c[nH]c2ccccc12)C(=O)CN(Cc1ccc(F)cc1)C(=O)c1cc(F)cc(F)c1. The summed E-state index contributed by atoms with van der Waals surface area (Å²) in [7, 11) is 1.55. The number of halogens is 3. The first-order valence-electron chi connectivity index (χ1n) is 13.7. The Morgan fingerprint density at radius 1 is 0.767 bits per heavy atom. The summed E-state index contributed by atoms with van der Waals surface area (Å²) in [5.41, 5.74) is 3.11. The molecule has 0 saturated heterocycles. The van der Waals surface area contributed by atoms with Gasteiger partial charge in [-0.3, -0.25) is 9.59 Å². The Kier molecular flexibility index (Phi) is 9.10. The average molecular weight is 586 g/mol. The molecule has 1 aromatic heterocycles. The minimum Gasteiger partial charge on any atom is -0.496 e. The summed E-state index contributed by atoms with van der Waals surface area (Å²) < 4.78 is 47.2. The second-order valence-corrected chi connectivity index (χ2v) is 10.2. The van der Waals surface area contributed by atoms with Crippen LogP contribution in [0.15, 0.2) is 97.2 Å². The molecule has 2 amide bonds. The van der Waals surface area contributed by atoms with Gasteiger partial charge in [-0.2, -0.15) is 0 Å². The number of fused-ring (bicyclic) bond motifs is 1. The molecule has 0 aliphatic carbocycles. The zero-order valence-corrected chi connectivity index (χ0v) is 23.5. The van der Waals surface area contributed by atoms with E-state index in [4.69, 9.17) is 4.74 Å². The van der Waals surface area contributed by atoms with Crippen LogP contribution in [0.4, 0.5) is 13.2 Å². The quantitative estimate of drug-likeness (QED) is 0.192. The van der Waals surface area contributed by atoms with Gasteiger partial charge in [-0.25, -0.2) is 13.2 Å². The van der Waals surface area contributed by atoms with Gasteiger partial charge in [-0.1, -0.05) is 48.5 Å². The molecule has 0 aliphatic rings. The molecular weight excluding hydrogens is 555 g/mol. The monoisotopic (exact) mass is 585 g/mol. The Bertz CT molecular complexity index is 1720. The summed E-state index contributed by atoms with van der Waals surface area (Å²) >= 11 is 0. The van der Waals surface area contributed by atoms with Gasteiger partial charge < -0.3 is 19.5 Å². The van der Waals surface area contributed by atoms with Crippen molar-refractivity contribution < 1.29 is 27.5 Å². The molecule has 43 heavy (non-hydrogen) atoms. The summed E-state index contributed by atoms with van der Waals surface area (Å²) in [4.78, 5) is 33.6. The first-order chi connectivity index (χ1) is 20.8. The van der Waals surface area contributed by atoms with E-state index in [2.05, 4.69) is 4.98 Å². The number of para-hydroxylation sites is 2. The highest BCUT2D eigenvalue weighted by Crippen LogP contribution is 2.22. The van der Waals surface area contributed by atoms with E-state index in [1.165, 1.54) is 29.2 Å². The molecule has 5 aromatic rings. The molecule has 4 aromatic carbocycles. The van der Waals surface area contributed by atoms with Crippen LogP contribution < -0.4 is 4.74 Å². The molecule has 0 atom stereocenters. The molecule has 1 N–H and O–H groups in total. The highest BCUT2D eigenvalue weighted by molar-refractivity contribution is 5.96. The van der Waals surface area contributed by atoms with E-state index in [0.29, 0.717) is 30.3 Å². The fourth-order valence-electron chi connectivity index (χ4n) is 5.06. The standard InChI is InChI=1S/C34H30F3N3O3/c1-43-32-9-5-2-6-25(32)21-39(15-14-24-19-38-31-8-4-3-7-30(24)31)33(41)22-40(20-23-10-12-27(35)13-11-23)34(42)26-16-28(36)18-29(37)17-26/h2-13,16-19,38H,14-15,20-22H2,1H3. The van der Waals surface area contributed by atoms with E-state index in [-0.39, 0.29) is 31.1 Å². The fraction of sp³-hybridized carbons (Fsp3) is 0.176. The first kappa shape index (κ1) is 29.4. The molecule has 1 heterocycles. The zero-order chi connectivity index (χ0) is 30.3. The first-order valence-corrected chi connectivity index (χ1v) is 13.7. The fourth-order valence-corrected chi connectivity index (χ4v) is 5.06. The highest BCUT2D eigenvalue weighted by atomic mass is 19.1. The van der Waals surface area contributed by atoms with E-state index in [9.17, 15) is 22.8 Å². The number of hydrogen-bond donors (Lipinski definition) is 1. The number of nitrogens with one attached hydrogen (secondary N) is 1. The van der Waals surface area contributed by atoms with E-state index >= 15 is 0 Å². The second kappa shape index (κ2) is 13.3. The molecule has 6 nitrogen and oxygen atoms in total. The molecule has 0 radical (unpaired) electrons. The summed E-state index contributed by atoms with van der Waals surface area (Å²) in [6, 6.07) is 23.2. The molecule has 0 bridgehead atoms. The van der Waals surface area contributed by atoms with Crippen LogP contribution in [0.25, 0.3) is 10.9 Å². The number of amides is 2. The van der Waals surface area contributed by atoms with Crippen molar-refractivity contribution in [1.82, 2.24) is 14.8 Å². The topological polar surface area (TPSA) is 65.6 Å². The highest BCUT2D eigenvalue weighted by Gasteiger charge is 2.25. The number of methoxy groups -OCH3 is 1. The number of H-pyrrole nitrogens is 1. The number of carbonyl (C=O) groups is 2. The minimum absolute atomic E-state index is 0.0755. The maximum Gasteiger partial charge on any atom is 0.254 e. The smallest absolute Gasteiger partial charge is 0.254 e. The lowest BCUT2D eigenvalue weighted by molar-refractivity contribution is -0.132. The Morgan fingerprint density at radius 2 is 1.47 bits per heavy atom. The van der Waals surface area contributed by atoms with Gasteiger partial charge in [0.2, 0.25) is 5.91 Å². The predicted molar refractivity (Wildman–Crippen MR) is 158 cm³/mol. The van der Waals surface area contributed by atoms with Crippen LogP contribution in [0, 0.1) is 17.5 Å². The molecule has 0 spiro atoms. The Balaban J connectivity index is 1.44. The van der Waals surface area contributed by atoms with Crippen molar-refractivity contribution in [2.24, 2.45) is 0 Å². The zero-order valence-electron chi connectivity index (χ0n) is 23.5. The maximum atomic E-state index is 14.0. The molecule has 5 rings (SSSR count). The average Bonchev–Trinajstić information content (AvgIpc) is 3.42. The van der Waals surface area contributed by atoms with Crippen LogP contribution in [0.3, 0.4) is 0 Å². The molecule has 220 valence electrons. The summed E-state index contributed by atoms with van der Waals surface area (Å²) in [5.74, 6) is -2.77. The second-order valence-electron chi connectivity index (χ2n) is 10.2. The summed E-state index contributed by atoms with van der Waals surface area (Å²) in [6.45, 7) is 0.0790. The predicted octanol–water partition coefficient (Wildman–Crippen LogP) is 6.51. The van der Waals surface area contributed by atoms with Crippen molar-refractivity contribution in [3.63, 3.8) is 0 Å². The lowest BCUT2D eigenvalue weighted by Crippen LogP contribution is -2.43. The van der Waals surface area contributed by atoms with Gasteiger partial charge in [0, 0.05) is 53.9 Å². The molecular formula is C34H30F3N3O3. The number of rotatable bonds is 11. The number of aromatic amines is 1. The normalized spacial score (nSPS) is 11.0. The number of carbonyl (C=O) groups excluding carboxylic acids is 2. The number of benzene rings is 4. The van der Waals surface area contributed by atoms with Gasteiger partial charge in [0.25, 0.3) is 5.91 Å². The number of ether oxygens (including phenoxy) is 1. The van der Waals surface area contributed by atoms with Crippen molar-refractivity contribution >= 4 is 22.7 Å². The van der Waals surface area contributed by atoms with E-state index < -0.39 is 23.4 Å². The van der Waals surface area contributed by atoms with Crippen LogP contribution >= 0.6 is 0 Å².